The van der Waals surface area contributed by atoms with Gasteiger partial charge in [-0.1, -0.05) is 26.0 Å². The Hall–Kier alpha value is -2.40. The molecule has 29 heavy (non-hydrogen) atoms. The number of carbonyl (C=O) groups excluding carboxylic acids is 1. The van der Waals surface area contributed by atoms with Gasteiger partial charge < -0.3 is 9.64 Å². The van der Waals surface area contributed by atoms with Crippen LogP contribution in [0.4, 0.5) is 0 Å². The summed E-state index contributed by atoms with van der Waals surface area (Å²) in [5.74, 6) is 1.12. The van der Waals surface area contributed by atoms with E-state index in [4.69, 9.17) is 4.74 Å². The first kappa shape index (κ1) is 18.6. The van der Waals surface area contributed by atoms with E-state index in [0.29, 0.717) is 48.6 Å². The van der Waals surface area contributed by atoms with Crippen LogP contribution in [0.3, 0.4) is 0 Å². The number of amides is 1. The Morgan fingerprint density at radius 1 is 1.10 bits per heavy atom. The second-order valence-electron chi connectivity index (χ2n) is 9.13. The quantitative estimate of drug-likeness (QED) is 0.803. The molecule has 0 unspecified atom stereocenters. The largest absolute Gasteiger partial charge is 0.374 e. The second kappa shape index (κ2) is 6.84. The van der Waals surface area contributed by atoms with Crippen LogP contribution in [0.5, 0.6) is 0 Å². The summed E-state index contributed by atoms with van der Waals surface area (Å²) in [7, 11) is 0. The standard InChI is InChI=1S/C24H28N2O3/c1-14(2)16-5-4-6-17(11-16)26-10-9-15(3)22(24(26)28)23(27)25-12-18-19(13-25)21-8-7-20(18)29-21/h4-6,9-11,14,18-21H,7-8,12-13H2,1-3H3/t18-,19+,20+,21-. The number of carbonyl (C=O) groups is 1. The summed E-state index contributed by atoms with van der Waals surface area (Å²) in [5, 5.41) is 0. The van der Waals surface area contributed by atoms with Crippen molar-refractivity contribution in [3.63, 3.8) is 0 Å². The number of pyridine rings is 1. The summed E-state index contributed by atoms with van der Waals surface area (Å²) in [5.41, 5.74) is 2.79. The number of ether oxygens (including phenoxy) is 1. The summed E-state index contributed by atoms with van der Waals surface area (Å²) in [6, 6.07) is 9.87. The van der Waals surface area contributed by atoms with Crippen LogP contribution in [0.25, 0.3) is 5.69 Å². The maximum atomic E-state index is 13.4. The van der Waals surface area contributed by atoms with E-state index in [9.17, 15) is 9.59 Å². The van der Waals surface area contributed by atoms with Crippen molar-refractivity contribution in [1.82, 2.24) is 9.47 Å². The van der Waals surface area contributed by atoms with Crippen LogP contribution in [0.1, 0.15) is 54.1 Å². The van der Waals surface area contributed by atoms with Crippen molar-refractivity contribution in [3.05, 3.63) is 63.6 Å². The summed E-state index contributed by atoms with van der Waals surface area (Å²) in [6.45, 7) is 7.54. The second-order valence-corrected chi connectivity index (χ2v) is 9.13. The molecule has 1 aromatic heterocycles. The number of fused-ring (bicyclic) bond motifs is 5. The maximum absolute atomic E-state index is 13.4. The lowest BCUT2D eigenvalue weighted by atomic mass is 9.82. The Kier molecular flexibility index (Phi) is 4.39. The summed E-state index contributed by atoms with van der Waals surface area (Å²) in [6.07, 6.45) is 4.60. The predicted octanol–water partition coefficient (Wildman–Crippen LogP) is 3.52. The molecule has 152 valence electrons. The highest BCUT2D eigenvalue weighted by molar-refractivity contribution is 5.95. The van der Waals surface area contributed by atoms with Gasteiger partial charge in [-0.2, -0.15) is 0 Å². The van der Waals surface area contributed by atoms with E-state index in [-0.39, 0.29) is 11.5 Å². The van der Waals surface area contributed by atoms with Gasteiger partial charge in [-0.3, -0.25) is 14.2 Å². The fourth-order valence-corrected chi connectivity index (χ4v) is 5.41. The minimum absolute atomic E-state index is 0.129. The van der Waals surface area contributed by atoms with Gasteiger partial charge in [0.05, 0.1) is 12.2 Å². The summed E-state index contributed by atoms with van der Waals surface area (Å²) >= 11 is 0. The molecule has 5 nitrogen and oxygen atoms in total. The van der Waals surface area contributed by atoms with Crippen LogP contribution in [-0.4, -0.2) is 40.7 Å². The molecule has 0 saturated carbocycles. The van der Waals surface area contributed by atoms with Crippen LogP contribution < -0.4 is 5.56 Å². The van der Waals surface area contributed by atoms with E-state index in [1.165, 1.54) is 5.56 Å². The molecule has 0 spiro atoms. The molecule has 3 aliphatic heterocycles. The summed E-state index contributed by atoms with van der Waals surface area (Å²) < 4.78 is 7.63. The molecule has 2 bridgehead atoms. The van der Waals surface area contributed by atoms with Crippen molar-refractivity contribution in [3.8, 4) is 5.69 Å². The third-order valence-electron chi connectivity index (χ3n) is 7.07. The van der Waals surface area contributed by atoms with Gasteiger partial charge in [0, 0.05) is 36.8 Å². The van der Waals surface area contributed by atoms with Crippen LogP contribution >= 0.6 is 0 Å². The zero-order chi connectivity index (χ0) is 20.3. The normalized spacial score (nSPS) is 27.7. The first-order chi connectivity index (χ1) is 13.9. The molecule has 3 aliphatic rings. The van der Waals surface area contributed by atoms with Gasteiger partial charge in [0.2, 0.25) is 0 Å². The third-order valence-corrected chi connectivity index (χ3v) is 7.07. The number of aryl methyl sites for hydroxylation is 1. The third kappa shape index (κ3) is 2.94. The number of nitrogens with zero attached hydrogens (tertiary/aromatic N) is 2. The molecule has 0 N–H and O–H groups in total. The van der Waals surface area contributed by atoms with Crippen LogP contribution in [-0.2, 0) is 4.74 Å². The monoisotopic (exact) mass is 392 g/mol. The van der Waals surface area contributed by atoms with E-state index in [2.05, 4.69) is 19.9 Å². The molecule has 3 saturated heterocycles. The Labute approximate surface area is 171 Å². The molecular formula is C24H28N2O3. The van der Waals surface area contributed by atoms with Crippen molar-refractivity contribution >= 4 is 5.91 Å². The van der Waals surface area contributed by atoms with Gasteiger partial charge >= 0.3 is 0 Å². The van der Waals surface area contributed by atoms with Crippen LogP contribution in [0.15, 0.2) is 41.3 Å². The van der Waals surface area contributed by atoms with E-state index in [0.717, 1.165) is 24.1 Å². The molecule has 5 heteroatoms. The Morgan fingerprint density at radius 2 is 1.79 bits per heavy atom. The lowest BCUT2D eigenvalue weighted by Gasteiger charge is -2.20. The van der Waals surface area contributed by atoms with Gasteiger partial charge in [-0.25, -0.2) is 0 Å². The zero-order valence-electron chi connectivity index (χ0n) is 17.3. The minimum Gasteiger partial charge on any atom is -0.374 e. The van der Waals surface area contributed by atoms with E-state index in [1.807, 2.05) is 36.1 Å². The molecule has 4 heterocycles. The van der Waals surface area contributed by atoms with Crippen molar-refractivity contribution < 1.29 is 9.53 Å². The Morgan fingerprint density at radius 3 is 2.45 bits per heavy atom. The number of likely N-dealkylation sites (tertiary alicyclic amines) is 1. The van der Waals surface area contributed by atoms with E-state index >= 15 is 0 Å². The number of aromatic nitrogens is 1. The molecular weight excluding hydrogens is 364 g/mol. The number of rotatable bonds is 3. The number of benzene rings is 1. The van der Waals surface area contributed by atoms with Crippen LogP contribution in [0, 0.1) is 18.8 Å². The Bertz CT molecular complexity index is 1010. The topological polar surface area (TPSA) is 51.5 Å². The average Bonchev–Trinajstić information content (AvgIpc) is 3.41. The minimum atomic E-state index is -0.229. The zero-order valence-corrected chi connectivity index (χ0v) is 17.3. The van der Waals surface area contributed by atoms with Crippen molar-refractivity contribution in [1.29, 1.82) is 0 Å². The average molecular weight is 392 g/mol. The molecule has 1 aromatic carbocycles. The van der Waals surface area contributed by atoms with Gasteiger partial charge in [0.15, 0.2) is 0 Å². The predicted molar refractivity (Wildman–Crippen MR) is 112 cm³/mol. The SMILES string of the molecule is Cc1ccn(-c2cccc(C(C)C)c2)c(=O)c1C(=O)N1C[C@@H]2[C@H](C1)[C@H]1CC[C@@H]2O1. The van der Waals surface area contributed by atoms with Gasteiger partial charge in [0.25, 0.3) is 11.5 Å². The lowest BCUT2D eigenvalue weighted by molar-refractivity contribution is 0.0592. The smallest absolute Gasteiger partial charge is 0.268 e. The first-order valence-electron chi connectivity index (χ1n) is 10.7. The maximum Gasteiger partial charge on any atom is 0.268 e. The van der Waals surface area contributed by atoms with Gasteiger partial charge in [0.1, 0.15) is 5.56 Å². The lowest BCUT2D eigenvalue weighted by Crippen LogP contribution is -2.37. The fraction of sp³-hybridized carbons (Fsp3) is 0.500. The van der Waals surface area contributed by atoms with Gasteiger partial charge in [-0.05, 0) is 55.0 Å². The molecule has 4 atom stereocenters. The highest BCUT2D eigenvalue weighted by Gasteiger charge is 2.54. The van der Waals surface area contributed by atoms with E-state index < -0.39 is 0 Å². The highest BCUT2D eigenvalue weighted by atomic mass is 16.5. The van der Waals surface area contributed by atoms with Gasteiger partial charge in [-0.15, -0.1) is 0 Å². The first-order valence-corrected chi connectivity index (χ1v) is 10.7. The molecule has 0 radical (unpaired) electrons. The molecule has 2 aromatic rings. The summed E-state index contributed by atoms with van der Waals surface area (Å²) in [4.78, 5) is 28.6. The highest BCUT2D eigenvalue weighted by Crippen LogP contribution is 2.47. The number of hydrogen-bond acceptors (Lipinski definition) is 3. The van der Waals surface area contributed by atoms with Crippen molar-refractivity contribution in [2.24, 2.45) is 11.8 Å². The van der Waals surface area contributed by atoms with Crippen molar-refractivity contribution in [2.75, 3.05) is 13.1 Å². The van der Waals surface area contributed by atoms with Crippen LogP contribution in [0.2, 0.25) is 0 Å². The number of hydrogen-bond donors (Lipinski definition) is 0. The molecule has 5 rings (SSSR count). The Balaban J connectivity index is 1.48. The fourth-order valence-electron chi connectivity index (χ4n) is 5.41. The van der Waals surface area contributed by atoms with E-state index in [1.54, 1.807) is 10.8 Å². The molecule has 1 amide bonds. The molecule has 3 fully saturated rings. The molecule has 0 aliphatic carbocycles. The van der Waals surface area contributed by atoms with Crippen molar-refractivity contribution in [2.45, 2.75) is 51.7 Å².